The molecule has 5 rings (SSSR count). The lowest BCUT2D eigenvalue weighted by Gasteiger charge is -2.22. The van der Waals surface area contributed by atoms with E-state index in [0.29, 0.717) is 31.1 Å². The van der Waals surface area contributed by atoms with Gasteiger partial charge < -0.3 is 19.1 Å². The van der Waals surface area contributed by atoms with Gasteiger partial charge in [-0.1, -0.05) is 11.2 Å². The molecule has 0 radical (unpaired) electrons. The second-order valence-corrected chi connectivity index (χ2v) is 8.99. The molecule has 0 aliphatic carbocycles. The zero-order valence-electron chi connectivity index (χ0n) is 20.8. The highest BCUT2D eigenvalue weighted by atomic mass is 19.4. The highest BCUT2D eigenvalue weighted by molar-refractivity contribution is 5.92. The monoisotopic (exact) mass is 530 g/mol. The lowest BCUT2D eigenvalue weighted by molar-refractivity contribution is -0.192. The Morgan fingerprint density at radius 1 is 1.18 bits per heavy atom. The molecule has 0 saturated carbocycles. The second-order valence-electron chi connectivity index (χ2n) is 8.99. The summed E-state index contributed by atoms with van der Waals surface area (Å²) in [4.78, 5) is 28.4. The number of fused-ring (bicyclic) bond motifs is 3. The molecule has 1 aliphatic rings. The number of rotatable bonds is 4. The van der Waals surface area contributed by atoms with Crippen LogP contribution in [-0.2, 0) is 24.4 Å². The summed E-state index contributed by atoms with van der Waals surface area (Å²) in [6, 6.07) is 9.90. The molecule has 1 N–H and O–H groups in total. The fourth-order valence-electron chi connectivity index (χ4n) is 4.11. The topological polar surface area (TPSA) is 119 Å². The summed E-state index contributed by atoms with van der Waals surface area (Å²) in [6.07, 6.45) is 0.788. The number of alkyl halides is 3. The van der Waals surface area contributed by atoms with Crippen molar-refractivity contribution >= 4 is 11.9 Å². The van der Waals surface area contributed by atoms with Crippen molar-refractivity contribution in [3.05, 3.63) is 77.3 Å². The third-order valence-corrected chi connectivity index (χ3v) is 5.80. The molecule has 0 atom stereocenters. The number of amides is 1. The highest BCUT2D eigenvalue weighted by Gasteiger charge is 2.38. The number of aliphatic carboxylic acids is 1. The van der Waals surface area contributed by atoms with Crippen LogP contribution in [0.3, 0.4) is 0 Å². The van der Waals surface area contributed by atoms with Gasteiger partial charge in [-0.05, 0) is 39.0 Å². The van der Waals surface area contributed by atoms with E-state index in [1.165, 1.54) is 0 Å². The summed E-state index contributed by atoms with van der Waals surface area (Å²) < 4.78 is 41.0. The molecule has 0 unspecified atom stereocenters. The molecule has 0 spiro atoms. The van der Waals surface area contributed by atoms with Crippen molar-refractivity contribution in [2.24, 2.45) is 0 Å². The molecule has 0 fully saturated rings. The smallest absolute Gasteiger partial charge is 0.475 e. The maximum atomic E-state index is 13.2. The Labute approximate surface area is 215 Å². The van der Waals surface area contributed by atoms with Gasteiger partial charge in [-0.25, -0.2) is 4.79 Å². The summed E-state index contributed by atoms with van der Waals surface area (Å²) in [5, 5.41) is 15.9. The van der Waals surface area contributed by atoms with Gasteiger partial charge >= 0.3 is 12.1 Å². The number of carboxylic acid groups (broad SMARTS) is 1. The predicted octanol–water partition coefficient (Wildman–Crippen LogP) is 4.46. The number of carbonyl (C=O) groups is 2. The van der Waals surface area contributed by atoms with Crippen LogP contribution in [0.1, 0.15) is 53.1 Å². The fraction of sp³-hybridized carbons (Fsp3) is 0.320. The fourth-order valence-corrected chi connectivity index (χ4v) is 4.11. The summed E-state index contributed by atoms with van der Waals surface area (Å²) in [5.74, 6) is -2.29. The first-order valence-corrected chi connectivity index (χ1v) is 11.6. The Kier molecular flexibility index (Phi) is 7.37. The van der Waals surface area contributed by atoms with E-state index in [2.05, 4.69) is 40.8 Å². The van der Waals surface area contributed by atoms with Crippen molar-refractivity contribution < 1.29 is 32.4 Å². The molecule has 1 amide bonds. The Morgan fingerprint density at radius 2 is 1.92 bits per heavy atom. The van der Waals surface area contributed by atoms with Crippen LogP contribution in [0.2, 0.25) is 0 Å². The summed E-state index contributed by atoms with van der Waals surface area (Å²) >= 11 is 0. The largest absolute Gasteiger partial charge is 0.490 e. The molecular weight excluding hydrogens is 505 g/mol. The van der Waals surface area contributed by atoms with Crippen LogP contribution < -0.4 is 0 Å². The minimum Gasteiger partial charge on any atom is -0.475 e. The van der Waals surface area contributed by atoms with Crippen LogP contribution in [0.5, 0.6) is 0 Å². The maximum Gasteiger partial charge on any atom is 0.490 e. The molecule has 4 aromatic heterocycles. The minimum atomic E-state index is -5.08. The highest BCUT2D eigenvalue weighted by Crippen LogP contribution is 2.34. The van der Waals surface area contributed by atoms with E-state index in [1.54, 1.807) is 19.2 Å². The van der Waals surface area contributed by atoms with Gasteiger partial charge in [-0.2, -0.15) is 18.3 Å². The van der Waals surface area contributed by atoms with Crippen LogP contribution >= 0.6 is 0 Å². The van der Waals surface area contributed by atoms with Gasteiger partial charge in [0.1, 0.15) is 5.76 Å². The Bertz CT molecular complexity index is 1440. The van der Waals surface area contributed by atoms with E-state index in [4.69, 9.17) is 19.5 Å². The van der Waals surface area contributed by atoms with Gasteiger partial charge in [0.25, 0.3) is 5.91 Å². The number of hydrogen-bond acceptors (Lipinski definition) is 6. The number of nitrogens with zero attached hydrogens (tertiary/aromatic N) is 6. The van der Waals surface area contributed by atoms with Gasteiger partial charge in [-0.15, -0.1) is 0 Å². The first kappa shape index (κ1) is 26.6. The average molecular weight is 531 g/mol. The zero-order chi connectivity index (χ0) is 27.6. The number of halogens is 3. The van der Waals surface area contributed by atoms with Gasteiger partial charge in [0.15, 0.2) is 5.69 Å². The molecule has 1 aliphatic heterocycles. The zero-order valence-corrected chi connectivity index (χ0v) is 20.8. The van der Waals surface area contributed by atoms with E-state index in [0.717, 1.165) is 28.2 Å². The number of aryl methyl sites for hydroxylation is 1. The number of pyridine rings is 1. The number of hydrogen-bond donors (Lipinski definition) is 1. The van der Waals surface area contributed by atoms with Crippen LogP contribution in [0, 0.1) is 6.92 Å². The molecule has 0 aromatic carbocycles. The first-order valence-electron chi connectivity index (χ1n) is 11.6. The van der Waals surface area contributed by atoms with Gasteiger partial charge in [-0.3, -0.25) is 14.5 Å². The van der Waals surface area contributed by atoms with E-state index < -0.39 is 12.1 Å². The molecule has 10 nitrogen and oxygen atoms in total. The molecule has 13 heteroatoms. The summed E-state index contributed by atoms with van der Waals surface area (Å²) in [5.41, 5.74) is 5.32. The predicted molar refractivity (Wildman–Crippen MR) is 128 cm³/mol. The maximum absolute atomic E-state index is 13.2. The van der Waals surface area contributed by atoms with E-state index in [9.17, 15) is 18.0 Å². The summed E-state index contributed by atoms with van der Waals surface area (Å²) in [7, 11) is 0. The number of carboxylic acids is 1. The van der Waals surface area contributed by atoms with Crippen LogP contribution in [0.4, 0.5) is 13.2 Å². The lowest BCUT2D eigenvalue weighted by atomic mass is 10.1. The van der Waals surface area contributed by atoms with Crippen LogP contribution in [-0.4, -0.2) is 52.5 Å². The van der Waals surface area contributed by atoms with Crippen LogP contribution in [0.25, 0.3) is 11.3 Å². The van der Waals surface area contributed by atoms with Gasteiger partial charge in [0.2, 0.25) is 0 Å². The Balaban J connectivity index is 0.000000426. The van der Waals surface area contributed by atoms with Crippen molar-refractivity contribution in [2.75, 3.05) is 0 Å². The molecular formula is C25H25F3N6O4. The summed E-state index contributed by atoms with van der Waals surface area (Å²) in [6.45, 7) is 7.58. The van der Waals surface area contributed by atoms with Crippen molar-refractivity contribution in [1.82, 2.24) is 29.4 Å². The van der Waals surface area contributed by atoms with Crippen molar-refractivity contribution in [1.29, 1.82) is 0 Å². The van der Waals surface area contributed by atoms with Crippen molar-refractivity contribution in [2.45, 2.75) is 52.6 Å². The molecule has 0 bridgehead atoms. The van der Waals surface area contributed by atoms with E-state index in [1.807, 2.05) is 34.0 Å². The Morgan fingerprint density at radius 3 is 2.50 bits per heavy atom. The third kappa shape index (κ3) is 5.76. The standard InChI is InChI=1S/C23H24N6O2.C2HF3O2/c1-15(2)29-9-7-19-21(29)14-27(23(30)20-10-16(3)31-26-20)11-17-12-28(25-22(17)19)13-18-6-4-5-8-24-18;3-2(4,5)1(6)7/h4-10,12,15H,11,13-14H2,1-3H3;(H,6,7). The SMILES string of the molecule is Cc1cc(C(=O)N2Cc3cn(Cc4ccccn4)nc3-c3ccn(C(C)C)c3C2)no1.O=C(O)C(F)(F)F. The van der Waals surface area contributed by atoms with E-state index in [-0.39, 0.29) is 11.9 Å². The minimum absolute atomic E-state index is 0.148. The van der Waals surface area contributed by atoms with Crippen LogP contribution in [0.15, 0.2) is 53.4 Å². The van der Waals surface area contributed by atoms with Gasteiger partial charge in [0.05, 0.1) is 31.0 Å². The quantitative estimate of drug-likeness (QED) is 0.414. The van der Waals surface area contributed by atoms with Gasteiger partial charge in [0, 0.05) is 47.5 Å². The number of carbonyl (C=O) groups excluding carboxylic acids is 1. The average Bonchev–Trinajstić information content (AvgIpc) is 3.55. The van der Waals surface area contributed by atoms with Crippen molar-refractivity contribution in [3.63, 3.8) is 0 Å². The molecule has 38 heavy (non-hydrogen) atoms. The normalized spacial score (nSPS) is 12.9. The first-order chi connectivity index (χ1) is 17.9. The third-order valence-electron chi connectivity index (χ3n) is 5.80. The Hall–Kier alpha value is -4.42. The molecule has 5 heterocycles. The lowest BCUT2D eigenvalue weighted by Crippen LogP contribution is -2.30. The second kappa shape index (κ2) is 10.5. The van der Waals surface area contributed by atoms with Crippen molar-refractivity contribution in [3.8, 4) is 11.3 Å². The number of aromatic nitrogens is 5. The molecule has 4 aromatic rings. The molecule has 200 valence electrons. The van der Waals surface area contributed by atoms with E-state index >= 15 is 0 Å². The molecule has 0 saturated heterocycles.